The van der Waals surface area contributed by atoms with Crippen LogP contribution in [0.4, 0.5) is 0 Å². The third-order valence-electron chi connectivity index (χ3n) is 4.84. The highest BCUT2D eigenvalue weighted by Crippen LogP contribution is 2.12. The Bertz CT molecular complexity index is 893. The van der Waals surface area contributed by atoms with Gasteiger partial charge in [-0.05, 0) is 23.6 Å². The van der Waals surface area contributed by atoms with Gasteiger partial charge in [-0.15, -0.1) is 0 Å². The first-order valence-electron chi connectivity index (χ1n) is 10.4. The fourth-order valence-corrected chi connectivity index (χ4v) is 3.02. The van der Waals surface area contributed by atoms with Gasteiger partial charge in [0, 0.05) is 12.2 Å². The van der Waals surface area contributed by atoms with Crippen molar-refractivity contribution in [3.05, 3.63) is 29.8 Å². The molecule has 4 atom stereocenters. The van der Waals surface area contributed by atoms with E-state index in [2.05, 4.69) is 28.6 Å². The number of hydrogen-bond acceptors (Lipinski definition) is 8. The van der Waals surface area contributed by atoms with Crippen molar-refractivity contribution >= 4 is 42.3 Å². The third kappa shape index (κ3) is 9.27. The number of benzene rings is 1. The summed E-state index contributed by atoms with van der Waals surface area (Å²) in [4.78, 5) is 60.0. The molecule has 4 unspecified atom stereocenters. The molecule has 1 aromatic carbocycles. The highest BCUT2D eigenvalue weighted by molar-refractivity contribution is 7.80. The molecule has 0 saturated carbocycles. The van der Waals surface area contributed by atoms with Crippen molar-refractivity contribution in [2.45, 2.75) is 50.9 Å². The topological polar surface area (TPSA) is 208 Å². The largest absolute Gasteiger partial charge is 0.508 e. The zero-order chi connectivity index (χ0) is 26.0. The maximum Gasteiger partial charge on any atom is 0.326 e. The van der Waals surface area contributed by atoms with Crippen LogP contribution < -0.4 is 21.7 Å². The minimum Gasteiger partial charge on any atom is -0.508 e. The number of carbonyl (C=O) groups excluding carboxylic acids is 3. The van der Waals surface area contributed by atoms with Crippen molar-refractivity contribution in [1.29, 1.82) is 0 Å². The zero-order valence-electron chi connectivity index (χ0n) is 18.7. The van der Waals surface area contributed by atoms with Crippen LogP contribution in [0.5, 0.6) is 5.75 Å². The number of hydrogen-bond donors (Lipinski definition) is 8. The van der Waals surface area contributed by atoms with E-state index in [-0.39, 0.29) is 23.8 Å². The van der Waals surface area contributed by atoms with Gasteiger partial charge < -0.3 is 37.0 Å². The monoisotopic (exact) mass is 498 g/mol. The molecule has 0 radical (unpaired) electrons. The van der Waals surface area contributed by atoms with Crippen LogP contribution in [0.2, 0.25) is 0 Å². The number of nitrogens with one attached hydrogen (secondary N) is 3. The van der Waals surface area contributed by atoms with E-state index in [0.717, 1.165) is 0 Å². The molecule has 0 bridgehead atoms. The Hall–Kier alpha value is -3.32. The number of thiol groups is 1. The van der Waals surface area contributed by atoms with Gasteiger partial charge in [-0.2, -0.15) is 12.6 Å². The first kappa shape index (κ1) is 28.7. The molecule has 1 rings (SSSR count). The molecule has 0 saturated heterocycles. The lowest BCUT2D eigenvalue weighted by Crippen LogP contribution is -2.58. The molecule has 0 aliphatic rings. The molecule has 0 fully saturated rings. The zero-order valence-corrected chi connectivity index (χ0v) is 19.6. The lowest BCUT2D eigenvalue weighted by Gasteiger charge is -2.25. The number of aliphatic carboxylic acids is 2. The van der Waals surface area contributed by atoms with Gasteiger partial charge in [-0.3, -0.25) is 19.2 Å². The minimum absolute atomic E-state index is 0.000341. The molecule has 0 aromatic heterocycles. The van der Waals surface area contributed by atoms with Crippen LogP contribution in [-0.4, -0.2) is 74.9 Å². The fourth-order valence-electron chi connectivity index (χ4n) is 2.76. The van der Waals surface area contributed by atoms with Crippen molar-refractivity contribution in [3.8, 4) is 5.75 Å². The summed E-state index contributed by atoms with van der Waals surface area (Å²) >= 11 is 4.01. The number of carboxylic acid groups (broad SMARTS) is 2. The molecule has 0 aliphatic heterocycles. The number of amides is 3. The number of aromatic hydroxyl groups is 1. The van der Waals surface area contributed by atoms with Crippen LogP contribution in [0.3, 0.4) is 0 Å². The molecule has 12 nitrogen and oxygen atoms in total. The lowest BCUT2D eigenvalue weighted by molar-refractivity contribution is -0.147. The van der Waals surface area contributed by atoms with Crippen molar-refractivity contribution in [1.82, 2.24) is 16.0 Å². The van der Waals surface area contributed by atoms with Crippen LogP contribution in [-0.2, 0) is 30.4 Å². The van der Waals surface area contributed by atoms with Gasteiger partial charge in [0.05, 0.1) is 12.5 Å². The molecule has 0 heterocycles. The SMILES string of the molecule is CC(C)C(N)C(=O)NC(Cc1ccc(O)cc1)C(=O)NC(CS)C(=O)NC(CC(=O)O)C(=O)O. The van der Waals surface area contributed by atoms with Gasteiger partial charge in [0.2, 0.25) is 17.7 Å². The number of phenols is 1. The molecule has 0 aliphatic carbocycles. The highest BCUT2D eigenvalue weighted by atomic mass is 32.1. The molecule has 8 N–H and O–H groups in total. The summed E-state index contributed by atoms with van der Waals surface area (Å²) < 4.78 is 0. The van der Waals surface area contributed by atoms with Crippen LogP contribution in [0, 0.1) is 5.92 Å². The normalized spacial score (nSPS) is 14.4. The quantitative estimate of drug-likeness (QED) is 0.154. The summed E-state index contributed by atoms with van der Waals surface area (Å²) in [7, 11) is 0. The molecule has 188 valence electrons. The van der Waals surface area contributed by atoms with Gasteiger partial charge >= 0.3 is 11.9 Å². The Balaban J connectivity index is 3.03. The standard InChI is InChI=1S/C21H30N4O8S/c1-10(2)17(22)20(31)23-13(7-11-3-5-12(26)6-4-11)18(29)25-15(9-34)19(30)24-14(21(32)33)8-16(27)28/h3-6,10,13-15,17,26,34H,7-9,22H2,1-2H3,(H,23,31)(H,24,30)(H,25,29)(H,27,28)(H,32,33). The fraction of sp³-hybridized carbons (Fsp3) is 0.476. The van der Waals surface area contributed by atoms with Gasteiger partial charge in [0.1, 0.15) is 23.9 Å². The van der Waals surface area contributed by atoms with Crippen LogP contribution in [0.1, 0.15) is 25.8 Å². The van der Waals surface area contributed by atoms with E-state index in [0.29, 0.717) is 5.56 Å². The Morgan fingerprint density at radius 1 is 0.882 bits per heavy atom. The molecule has 0 spiro atoms. The first-order valence-corrected chi connectivity index (χ1v) is 11.0. The molecule has 3 amide bonds. The maximum atomic E-state index is 13.0. The smallest absolute Gasteiger partial charge is 0.326 e. The summed E-state index contributed by atoms with van der Waals surface area (Å²) in [6.07, 6.45) is -0.860. The van der Waals surface area contributed by atoms with Gasteiger partial charge in [-0.1, -0.05) is 26.0 Å². The average molecular weight is 499 g/mol. The van der Waals surface area contributed by atoms with E-state index < -0.39 is 60.2 Å². The van der Waals surface area contributed by atoms with Crippen LogP contribution in [0.25, 0.3) is 0 Å². The average Bonchev–Trinajstić information content (AvgIpc) is 2.76. The minimum atomic E-state index is -1.71. The first-order chi connectivity index (χ1) is 15.8. The summed E-state index contributed by atoms with van der Waals surface area (Å²) in [6.45, 7) is 3.47. The summed E-state index contributed by atoms with van der Waals surface area (Å²) in [5.41, 5.74) is 6.46. The predicted molar refractivity (Wildman–Crippen MR) is 124 cm³/mol. The second-order valence-electron chi connectivity index (χ2n) is 7.94. The number of nitrogens with two attached hydrogens (primary N) is 1. The molecular formula is C21H30N4O8S. The second-order valence-corrected chi connectivity index (χ2v) is 8.31. The van der Waals surface area contributed by atoms with Crippen molar-refractivity contribution < 1.29 is 39.3 Å². The second kappa shape index (κ2) is 13.4. The van der Waals surface area contributed by atoms with Gasteiger partial charge in [0.25, 0.3) is 0 Å². The molecule has 1 aromatic rings. The van der Waals surface area contributed by atoms with Crippen LogP contribution in [0.15, 0.2) is 24.3 Å². The maximum absolute atomic E-state index is 13.0. The van der Waals surface area contributed by atoms with E-state index in [1.807, 2.05) is 0 Å². The Kier molecular flexibility index (Phi) is 11.3. The van der Waals surface area contributed by atoms with E-state index in [9.17, 15) is 29.1 Å². The number of phenolic OH excluding ortho intramolecular Hbond substituents is 1. The third-order valence-corrected chi connectivity index (χ3v) is 5.20. The Morgan fingerprint density at radius 2 is 1.38 bits per heavy atom. The lowest BCUT2D eigenvalue weighted by atomic mass is 10.0. The van der Waals surface area contributed by atoms with Gasteiger partial charge in [-0.25, -0.2) is 4.79 Å². The summed E-state index contributed by atoms with van der Waals surface area (Å²) in [6, 6.07) is 0.838. The molecule has 13 heteroatoms. The number of carboxylic acids is 2. The molecule has 34 heavy (non-hydrogen) atoms. The number of carbonyl (C=O) groups is 5. The Morgan fingerprint density at radius 3 is 1.85 bits per heavy atom. The summed E-state index contributed by atoms with van der Waals surface area (Å²) in [5, 5.41) is 34.4. The van der Waals surface area contributed by atoms with Crippen molar-refractivity contribution in [2.24, 2.45) is 11.7 Å². The van der Waals surface area contributed by atoms with Crippen molar-refractivity contribution in [3.63, 3.8) is 0 Å². The van der Waals surface area contributed by atoms with E-state index in [4.69, 9.17) is 15.9 Å². The van der Waals surface area contributed by atoms with Crippen LogP contribution >= 0.6 is 12.6 Å². The molecular weight excluding hydrogens is 468 g/mol. The van der Waals surface area contributed by atoms with E-state index in [1.165, 1.54) is 12.1 Å². The van der Waals surface area contributed by atoms with Crippen molar-refractivity contribution in [2.75, 3.05) is 5.75 Å². The predicted octanol–water partition coefficient (Wildman–Crippen LogP) is -1.14. The van der Waals surface area contributed by atoms with E-state index >= 15 is 0 Å². The summed E-state index contributed by atoms with van der Waals surface area (Å²) in [5.74, 6) is -5.73. The van der Waals surface area contributed by atoms with E-state index in [1.54, 1.807) is 26.0 Å². The highest BCUT2D eigenvalue weighted by Gasteiger charge is 2.31. The number of rotatable bonds is 13. The van der Waals surface area contributed by atoms with Gasteiger partial charge in [0.15, 0.2) is 0 Å². The Labute approximate surface area is 201 Å².